The van der Waals surface area contributed by atoms with Crippen LogP contribution in [0.1, 0.15) is 12.5 Å². The number of esters is 1. The molecule has 3 rings (SSSR count). The summed E-state index contributed by atoms with van der Waals surface area (Å²) in [7, 11) is 0. The molecule has 1 heterocycles. The zero-order valence-corrected chi connectivity index (χ0v) is 14.8. The molecule has 0 atom stereocenters. The Bertz CT molecular complexity index is 985. The Kier molecular flexibility index (Phi) is 5.51. The van der Waals surface area contributed by atoms with E-state index >= 15 is 0 Å². The Hall–Kier alpha value is -3.61. The highest BCUT2D eigenvalue weighted by Gasteiger charge is 2.20. The molecule has 0 fully saturated rings. The van der Waals surface area contributed by atoms with Crippen LogP contribution < -0.4 is 10.9 Å². The van der Waals surface area contributed by atoms with Crippen LogP contribution in [0.3, 0.4) is 0 Å². The first-order valence-electron chi connectivity index (χ1n) is 8.48. The van der Waals surface area contributed by atoms with Crippen LogP contribution >= 0.6 is 0 Å². The zero-order valence-electron chi connectivity index (χ0n) is 14.8. The highest BCUT2D eigenvalue weighted by molar-refractivity contribution is 5.73. The molecule has 1 aromatic heterocycles. The number of hydrogen-bond acceptors (Lipinski definition) is 6. The maximum Gasteiger partial charge on any atom is 0.310 e. The van der Waals surface area contributed by atoms with Crippen LogP contribution in [0.25, 0.3) is 5.69 Å². The van der Waals surface area contributed by atoms with Gasteiger partial charge in [0.2, 0.25) is 11.8 Å². The normalized spacial score (nSPS) is 10.4. The Labute approximate surface area is 155 Å². The highest BCUT2D eigenvalue weighted by atomic mass is 16.5. The van der Waals surface area contributed by atoms with E-state index in [-0.39, 0.29) is 24.5 Å². The first-order valence-corrected chi connectivity index (χ1v) is 8.48. The predicted molar refractivity (Wildman–Crippen MR) is 102 cm³/mol. The van der Waals surface area contributed by atoms with E-state index in [2.05, 4.69) is 10.3 Å². The van der Waals surface area contributed by atoms with Gasteiger partial charge in [-0.15, -0.1) is 0 Å². The molecule has 0 aliphatic carbocycles. The van der Waals surface area contributed by atoms with Crippen molar-refractivity contribution < 1.29 is 14.6 Å². The van der Waals surface area contributed by atoms with Gasteiger partial charge in [0.05, 0.1) is 24.3 Å². The monoisotopic (exact) mass is 365 g/mol. The quantitative estimate of drug-likeness (QED) is 0.653. The van der Waals surface area contributed by atoms with Crippen molar-refractivity contribution in [3.63, 3.8) is 0 Å². The number of carbonyl (C=O) groups is 1. The molecule has 0 saturated carbocycles. The fourth-order valence-electron chi connectivity index (χ4n) is 2.61. The minimum atomic E-state index is -0.602. The van der Waals surface area contributed by atoms with Crippen molar-refractivity contribution >= 4 is 17.6 Å². The summed E-state index contributed by atoms with van der Waals surface area (Å²) in [5.41, 5.74) is 0.598. The molecule has 0 aliphatic rings. The van der Waals surface area contributed by atoms with Crippen molar-refractivity contribution in [1.29, 1.82) is 0 Å². The number of benzene rings is 2. The van der Waals surface area contributed by atoms with E-state index in [0.29, 0.717) is 11.4 Å². The first-order chi connectivity index (χ1) is 13.1. The number of hydrogen-bond donors (Lipinski definition) is 2. The van der Waals surface area contributed by atoms with E-state index in [9.17, 15) is 14.7 Å². The Balaban J connectivity index is 2.13. The standard InChI is InChI=1S/C20H19N3O4/c1-2-27-17(24)13-16-18(25)22-20(21-14-9-5-3-6-10-14)23(19(16)26)15-11-7-4-8-12-15/h3-12,25H,2,13H2,1H3,(H,21,22). The van der Waals surface area contributed by atoms with Crippen LogP contribution in [-0.2, 0) is 16.0 Å². The fourth-order valence-corrected chi connectivity index (χ4v) is 2.61. The van der Waals surface area contributed by atoms with E-state index < -0.39 is 17.4 Å². The summed E-state index contributed by atoms with van der Waals surface area (Å²) in [4.78, 5) is 29.0. The van der Waals surface area contributed by atoms with Crippen LogP contribution in [0.2, 0.25) is 0 Å². The Morgan fingerprint density at radius 1 is 1.11 bits per heavy atom. The number of nitrogens with one attached hydrogen (secondary N) is 1. The van der Waals surface area contributed by atoms with Gasteiger partial charge in [-0.3, -0.25) is 9.59 Å². The number of anilines is 2. The summed E-state index contributed by atoms with van der Waals surface area (Å²) in [6, 6.07) is 18.0. The molecule has 0 amide bonds. The average molecular weight is 365 g/mol. The summed E-state index contributed by atoms with van der Waals surface area (Å²) in [6.45, 7) is 1.86. The molecule has 0 bridgehead atoms. The molecule has 138 valence electrons. The van der Waals surface area contributed by atoms with Gasteiger partial charge in [0, 0.05) is 5.69 Å². The maximum atomic E-state index is 13.1. The second-order valence-electron chi connectivity index (χ2n) is 5.69. The maximum absolute atomic E-state index is 13.1. The van der Waals surface area contributed by atoms with Crippen LogP contribution in [0, 0.1) is 0 Å². The predicted octanol–water partition coefficient (Wildman–Crippen LogP) is 2.79. The van der Waals surface area contributed by atoms with E-state index in [1.165, 1.54) is 4.57 Å². The third kappa shape index (κ3) is 4.14. The molecule has 27 heavy (non-hydrogen) atoms. The molecule has 2 aromatic carbocycles. The van der Waals surface area contributed by atoms with Crippen molar-refractivity contribution in [2.75, 3.05) is 11.9 Å². The van der Waals surface area contributed by atoms with Gasteiger partial charge in [0.15, 0.2) is 0 Å². The number of nitrogens with zero attached hydrogens (tertiary/aromatic N) is 2. The number of rotatable bonds is 6. The molecular weight excluding hydrogens is 346 g/mol. The first kappa shape index (κ1) is 18.2. The molecule has 0 spiro atoms. The molecule has 0 unspecified atom stereocenters. The minimum Gasteiger partial charge on any atom is -0.493 e. The molecule has 7 nitrogen and oxygen atoms in total. The summed E-state index contributed by atoms with van der Waals surface area (Å²) in [5.74, 6) is -0.962. The number of aromatic hydroxyl groups is 1. The van der Waals surface area contributed by atoms with Crippen molar-refractivity contribution in [3.05, 3.63) is 76.6 Å². The van der Waals surface area contributed by atoms with Gasteiger partial charge >= 0.3 is 5.97 Å². The lowest BCUT2D eigenvalue weighted by Crippen LogP contribution is -2.27. The molecule has 0 saturated heterocycles. The molecular formula is C20H19N3O4. The average Bonchev–Trinajstić information content (AvgIpc) is 2.67. The van der Waals surface area contributed by atoms with Gasteiger partial charge in [-0.2, -0.15) is 4.98 Å². The van der Waals surface area contributed by atoms with Gasteiger partial charge in [-0.1, -0.05) is 36.4 Å². The van der Waals surface area contributed by atoms with Gasteiger partial charge in [0.1, 0.15) is 0 Å². The third-order valence-corrected chi connectivity index (χ3v) is 3.83. The summed E-state index contributed by atoms with van der Waals surface area (Å²) < 4.78 is 6.21. The minimum absolute atomic E-state index is 0.115. The lowest BCUT2D eigenvalue weighted by atomic mass is 10.2. The van der Waals surface area contributed by atoms with E-state index in [1.54, 1.807) is 31.2 Å². The van der Waals surface area contributed by atoms with Gasteiger partial charge in [-0.05, 0) is 31.2 Å². The van der Waals surface area contributed by atoms with Gasteiger partial charge in [0.25, 0.3) is 5.56 Å². The second kappa shape index (κ2) is 8.18. The number of carbonyl (C=O) groups excluding carboxylic acids is 1. The largest absolute Gasteiger partial charge is 0.493 e. The van der Waals surface area contributed by atoms with Crippen LogP contribution in [0.5, 0.6) is 5.88 Å². The smallest absolute Gasteiger partial charge is 0.310 e. The van der Waals surface area contributed by atoms with Crippen molar-refractivity contribution in [1.82, 2.24) is 9.55 Å². The lowest BCUT2D eigenvalue weighted by Gasteiger charge is -2.16. The molecule has 7 heteroatoms. The molecule has 2 N–H and O–H groups in total. The van der Waals surface area contributed by atoms with Crippen molar-refractivity contribution in [2.45, 2.75) is 13.3 Å². The Morgan fingerprint density at radius 2 is 1.74 bits per heavy atom. The summed E-state index contributed by atoms with van der Waals surface area (Å²) in [5, 5.41) is 13.3. The van der Waals surface area contributed by atoms with Crippen LogP contribution in [-0.4, -0.2) is 27.2 Å². The Morgan fingerprint density at radius 3 is 2.37 bits per heavy atom. The zero-order chi connectivity index (χ0) is 19.2. The second-order valence-corrected chi connectivity index (χ2v) is 5.69. The van der Waals surface area contributed by atoms with Gasteiger partial charge in [-0.25, -0.2) is 4.57 Å². The molecule has 0 aliphatic heterocycles. The number of aromatic nitrogens is 2. The highest BCUT2D eigenvalue weighted by Crippen LogP contribution is 2.21. The summed E-state index contributed by atoms with van der Waals surface area (Å²) >= 11 is 0. The summed E-state index contributed by atoms with van der Waals surface area (Å²) in [6.07, 6.45) is -0.357. The van der Waals surface area contributed by atoms with Crippen LogP contribution in [0.4, 0.5) is 11.6 Å². The fraction of sp³-hybridized carbons (Fsp3) is 0.150. The topological polar surface area (TPSA) is 93.4 Å². The van der Waals surface area contributed by atoms with E-state index in [0.717, 1.165) is 0 Å². The SMILES string of the molecule is CCOC(=O)Cc1c(O)nc(Nc2ccccc2)n(-c2ccccc2)c1=O. The lowest BCUT2D eigenvalue weighted by molar-refractivity contribution is -0.142. The number of para-hydroxylation sites is 2. The van der Waals surface area contributed by atoms with Crippen molar-refractivity contribution in [2.24, 2.45) is 0 Å². The molecule has 3 aromatic rings. The van der Waals surface area contributed by atoms with Gasteiger partial charge < -0.3 is 15.2 Å². The third-order valence-electron chi connectivity index (χ3n) is 3.83. The van der Waals surface area contributed by atoms with Crippen LogP contribution in [0.15, 0.2) is 65.5 Å². The van der Waals surface area contributed by atoms with E-state index in [4.69, 9.17) is 4.74 Å². The van der Waals surface area contributed by atoms with Crippen molar-refractivity contribution in [3.8, 4) is 11.6 Å². The number of ether oxygens (including phenoxy) is 1. The van der Waals surface area contributed by atoms with E-state index in [1.807, 2.05) is 36.4 Å². The molecule has 0 radical (unpaired) electrons.